The summed E-state index contributed by atoms with van der Waals surface area (Å²) in [5.41, 5.74) is 1.05. The fourth-order valence-electron chi connectivity index (χ4n) is 3.24. The van der Waals surface area contributed by atoms with Crippen molar-refractivity contribution in [3.63, 3.8) is 0 Å². The molecule has 0 aliphatic rings. The molecule has 0 bridgehead atoms. The Bertz CT molecular complexity index is 1010. The van der Waals surface area contributed by atoms with E-state index in [0.29, 0.717) is 12.4 Å². The van der Waals surface area contributed by atoms with Gasteiger partial charge in [0.2, 0.25) is 0 Å². The van der Waals surface area contributed by atoms with E-state index >= 15 is 0 Å². The molecule has 0 amide bonds. The summed E-state index contributed by atoms with van der Waals surface area (Å²) in [5.74, 6) is -1.23. The molecule has 6 nitrogen and oxygen atoms in total. The highest BCUT2D eigenvalue weighted by Gasteiger charge is 2.10. The number of aromatic carboxylic acids is 1. The molecule has 0 atom stereocenters. The number of hydrogen-bond acceptors (Lipinski definition) is 5. The second-order valence-corrected chi connectivity index (χ2v) is 7.02. The van der Waals surface area contributed by atoms with Crippen molar-refractivity contribution in [1.29, 1.82) is 0 Å². The molecule has 29 heavy (non-hydrogen) atoms. The zero-order valence-corrected chi connectivity index (χ0v) is 16.0. The summed E-state index contributed by atoms with van der Waals surface area (Å²) in [6.45, 7) is 0.505. The van der Waals surface area contributed by atoms with Crippen molar-refractivity contribution in [2.24, 2.45) is 0 Å². The largest absolute Gasteiger partial charge is 0.507 e. The maximum atomic E-state index is 10.9. The number of carboxylic acid groups (broad SMARTS) is 1. The van der Waals surface area contributed by atoms with E-state index in [1.165, 1.54) is 17.7 Å². The lowest BCUT2D eigenvalue weighted by molar-refractivity contribution is 0.0693. The maximum Gasteiger partial charge on any atom is 0.339 e. The van der Waals surface area contributed by atoms with E-state index in [0.717, 1.165) is 42.9 Å². The molecule has 0 heterocycles. The molecule has 0 saturated carbocycles. The molecule has 6 heteroatoms. The number of fused-ring (bicyclic) bond motifs is 1. The standard InChI is InChI=1S/C23H24O6/c24-20-14-18(8-9-19(20)23(27)28)29-10-4-2-1-3-5-15-6-7-16-12-21(25)22(26)13-17(16)11-15/h6-9,11-14,24-26H,1-5,10H2,(H,27,28). The highest BCUT2D eigenvalue weighted by molar-refractivity contribution is 5.91. The smallest absolute Gasteiger partial charge is 0.339 e. The summed E-state index contributed by atoms with van der Waals surface area (Å²) in [6, 6.07) is 13.3. The van der Waals surface area contributed by atoms with Gasteiger partial charge in [0.1, 0.15) is 17.1 Å². The Hall–Kier alpha value is -3.41. The van der Waals surface area contributed by atoms with E-state index in [1.807, 2.05) is 18.2 Å². The van der Waals surface area contributed by atoms with Crippen LogP contribution in [0.2, 0.25) is 0 Å². The highest BCUT2D eigenvalue weighted by atomic mass is 16.5. The van der Waals surface area contributed by atoms with Crippen molar-refractivity contribution >= 4 is 16.7 Å². The first kappa shape index (κ1) is 20.3. The number of rotatable bonds is 9. The molecule has 0 saturated heterocycles. The summed E-state index contributed by atoms with van der Waals surface area (Å²) < 4.78 is 5.56. The number of benzene rings is 3. The number of carbonyl (C=O) groups is 1. The van der Waals surface area contributed by atoms with Gasteiger partial charge in [-0.3, -0.25) is 0 Å². The normalized spacial score (nSPS) is 10.9. The van der Waals surface area contributed by atoms with Gasteiger partial charge in [0.05, 0.1) is 6.61 Å². The third-order valence-electron chi connectivity index (χ3n) is 4.83. The molecule has 0 aliphatic heterocycles. The van der Waals surface area contributed by atoms with E-state index < -0.39 is 5.97 Å². The molecule has 3 rings (SSSR count). The zero-order chi connectivity index (χ0) is 20.8. The van der Waals surface area contributed by atoms with Gasteiger partial charge in [-0.1, -0.05) is 31.0 Å². The molecule has 0 fully saturated rings. The molecule has 0 aromatic heterocycles. The molecule has 0 aliphatic carbocycles. The topological polar surface area (TPSA) is 107 Å². The van der Waals surface area contributed by atoms with Gasteiger partial charge in [-0.05, 0) is 59.9 Å². The van der Waals surface area contributed by atoms with Crippen LogP contribution in [-0.4, -0.2) is 33.0 Å². The second kappa shape index (κ2) is 9.19. The Morgan fingerprint density at radius 3 is 2.21 bits per heavy atom. The summed E-state index contributed by atoms with van der Waals surface area (Å²) in [6.07, 6.45) is 4.88. The van der Waals surface area contributed by atoms with Crippen LogP contribution in [0.15, 0.2) is 48.5 Å². The second-order valence-electron chi connectivity index (χ2n) is 7.02. The number of aryl methyl sites for hydroxylation is 1. The molecule has 4 N–H and O–H groups in total. The lowest BCUT2D eigenvalue weighted by atomic mass is 10.0. The van der Waals surface area contributed by atoms with Gasteiger partial charge in [0, 0.05) is 6.07 Å². The minimum Gasteiger partial charge on any atom is -0.507 e. The maximum absolute atomic E-state index is 10.9. The predicted molar refractivity (Wildman–Crippen MR) is 110 cm³/mol. The van der Waals surface area contributed by atoms with Crippen LogP contribution in [0, 0.1) is 0 Å². The molecule has 3 aromatic rings. The number of phenolic OH excluding ortho intramolecular Hbond substituents is 2. The SMILES string of the molecule is O=C(O)c1ccc(OCCCCCCc2ccc3cc(O)c(O)cc3c2)cc1O. The predicted octanol–water partition coefficient (Wildman–Crippen LogP) is 4.84. The van der Waals surface area contributed by atoms with Crippen LogP contribution < -0.4 is 4.74 Å². The van der Waals surface area contributed by atoms with Crippen molar-refractivity contribution in [2.75, 3.05) is 6.61 Å². The van der Waals surface area contributed by atoms with Crippen molar-refractivity contribution < 1.29 is 30.0 Å². The van der Waals surface area contributed by atoms with Crippen molar-refractivity contribution in [1.82, 2.24) is 0 Å². The molecular formula is C23H24O6. The monoisotopic (exact) mass is 396 g/mol. The van der Waals surface area contributed by atoms with Gasteiger partial charge in [0.15, 0.2) is 11.5 Å². The van der Waals surface area contributed by atoms with Crippen LogP contribution in [0.5, 0.6) is 23.0 Å². The van der Waals surface area contributed by atoms with Crippen molar-refractivity contribution in [3.8, 4) is 23.0 Å². The first-order valence-electron chi connectivity index (χ1n) is 9.58. The Morgan fingerprint density at radius 1 is 0.759 bits per heavy atom. The molecule has 3 aromatic carbocycles. The van der Waals surface area contributed by atoms with Crippen LogP contribution in [0.25, 0.3) is 10.8 Å². The summed E-state index contributed by atoms with van der Waals surface area (Å²) in [4.78, 5) is 10.9. The number of ether oxygens (including phenoxy) is 1. The van der Waals surface area contributed by atoms with Crippen LogP contribution >= 0.6 is 0 Å². The van der Waals surface area contributed by atoms with E-state index in [2.05, 4.69) is 0 Å². The minimum atomic E-state index is -1.17. The number of aromatic hydroxyl groups is 3. The summed E-state index contributed by atoms with van der Waals surface area (Å²) in [7, 11) is 0. The average Bonchev–Trinajstić information content (AvgIpc) is 2.68. The van der Waals surface area contributed by atoms with Crippen molar-refractivity contribution in [2.45, 2.75) is 32.1 Å². The highest BCUT2D eigenvalue weighted by Crippen LogP contribution is 2.31. The molecule has 0 unspecified atom stereocenters. The van der Waals surface area contributed by atoms with Gasteiger partial charge in [-0.2, -0.15) is 0 Å². The van der Waals surface area contributed by atoms with Gasteiger partial charge in [-0.15, -0.1) is 0 Å². The molecule has 152 valence electrons. The van der Waals surface area contributed by atoms with E-state index in [-0.39, 0.29) is 22.8 Å². The Kier molecular flexibility index (Phi) is 6.44. The average molecular weight is 396 g/mol. The quantitative estimate of drug-likeness (QED) is 0.305. The summed E-state index contributed by atoms with van der Waals surface area (Å²) >= 11 is 0. The van der Waals surface area contributed by atoms with Gasteiger partial charge in [-0.25, -0.2) is 4.79 Å². The molecule has 0 spiro atoms. The van der Waals surface area contributed by atoms with Crippen LogP contribution in [0.1, 0.15) is 41.6 Å². The first-order valence-corrected chi connectivity index (χ1v) is 9.58. The van der Waals surface area contributed by atoms with Crippen molar-refractivity contribution in [3.05, 3.63) is 59.7 Å². The van der Waals surface area contributed by atoms with Gasteiger partial charge in [0.25, 0.3) is 0 Å². The van der Waals surface area contributed by atoms with Crippen LogP contribution in [0.3, 0.4) is 0 Å². The zero-order valence-electron chi connectivity index (χ0n) is 16.0. The van der Waals surface area contributed by atoms with E-state index in [4.69, 9.17) is 9.84 Å². The lowest BCUT2D eigenvalue weighted by Crippen LogP contribution is -2.00. The minimum absolute atomic E-state index is 0.111. The van der Waals surface area contributed by atoms with E-state index in [1.54, 1.807) is 18.2 Å². The molecular weight excluding hydrogens is 372 g/mol. The number of carboxylic acids is 1. The lowest BCUT2D eigenvalue weighted by Gasteiger charge is -2.08. The fraction of sp³-hybridized carbons (Fsp3) is 0.261. The number of hydrogen-bond donors (Lipinski definition) is 4. The Labute approximate surface area is 168 Å². The number of unbranched alkanes of at least 4 members (excludes halogenated alkanes) is 3. The Balaban J connectivity index is 1.38. The van der Waals surface area contributed by atoms with E-state index in [9.17, 15) is 20.1 Å². The third-order valence-corrected chi connectivity index (χ3v) is 4.83. The fourth-order valence-corrected chi connectivity index (χ4v) is 3.24. The van der Waals surface area contributed by atoms with Crippen LogP contribution in [0.4, 0.5) is 0 Å². The number of phenols is 3. The van der Waals surface area contributed by atoms with Gasteiger partial charge >= 0.3 is 5.97 Å². The first-order chi connectivity index (χ1) is 13.9. The Morgan fingerprint density at radius 2 is 1.48 bits per heavy atom. The van der Waals surface area contributed by atoms with Crippen LogP contribution in [-0.2, 0) is 6.42 Å². The third kappa shape index (κ3) is 5.31. The molecule has 0 radical (unpaired) electrons. The summed E-state index contributed by atoms with van der Waals surface area (Å²) in [5, 5.41) is 39.5. The van der Waals surface area contributed by atoms with Gasteiger partial charge < -0.3 is 25.2 Å².